The fourth-order valence-electron chi connectivity index (χ4n) is 1.50. The van der Waals surface area contributed by atoms with Gasteiger partial charge < -0.3 is 14.9 Å². The van der Waals surface area contributed by atoms with Crippen LogP contribution in [0.3, 0.4) is 0 Å². The lowest BCUT2D eigenvalue weighted by Gasteiger charge is -2.14. The predicted molar refractivity (Wildman–Crippen MR) is 60.3 cm³/mol. The van der Waals surface area contributed by atoms with Crippen LogP contribution in [0.2, 0.25) is 5.02 Å². The molecule has 1 rings (SSSR count). The number of aliphatic carboxylic acids is 1. The number of rotatable bonds is 4. The first-order valence-corrected chi connectivity index (χ1v) is 5.11. The first kappa shape index (κ1) is 12.6. The molecule has 2 N–H and O–H groups in total. The number of methoxy groups -OCH3 is 1. The van der Waals surface area contributed by atoms with Crippen molar-refractivity contribution in [3.8, 4) is 11.5 Å². The largest absolute Gasteiger partial charge is 0.504 e. The lowest BCUT2D eigenvalue weighted by Crippen LogP contribution is -2.03. The highest BCUT2D eigenvalue weighted by atomic mass is 35.5. The Morgan fingerprint density at radius 2 is 2.19 bits per heavy atom. The lowest BCUT2D eigenvalue weighted by atomic mass is 9.96. The minimum Gasteiger partial charge on any atom is -0.504 e. The van der Waals surface area contributed by atoms with E-state index < -0.39 is 5.97 Å². The number of phenolic OH excluding ortho intramolecular Hbond substituents is 1. The van der Waals surface area contributed by atoms with Crippen molar-refractivity contribution >= 4 is 17.6 Å². The number of carboxylic acid groups (broad SMARTS) is 1. The lowest BCUT2D eigenvalue weighted by molar-refractivity contribution is -0.137. The second-order valence-corrected chi connectivity index (χ2v) is 3.98. The van der Waals surface area contributed by atoms with Gasteiger partial charge in [0.05, 0.1) is 13.5 Å². The molecule has 1 aromatic rings. The summed E-state index contributed by atoms with van der Waals surface area (Å²) in [5, 5.41) is 18.9. The Labute approximate surface area is 98.4 Å². The molecule has 1 aromatic carbocycles. The van der Waals surface area contributed by atoms with Gasteiger partial charge in [-0.05, 0) is 12.0 Å². The average Bonchev–Trinajstić information content (AvgIpc) is 2.19. The number of carbonyl (C=O) groups is 1. The van der Waals surface area contributed by atoms with Crippen LogP contribution in [0.25, 0.3) is 0 Å². The molecule has 88 valence electrons. The van der Waals surface area contributed by atoms with E-state index in [4.69, 9.17) is 21.4 Å². The Hall–Kier alpha value is -1.42. The van der Waals surface area contributed by atoms with Gasteiger partial charge >= 0.3 is 5.97 Å². The van der Waals surface area contributed by atoms with Gasteiger partial charge in [-0.3, -0.25) is 4.79 Å². The van der Waals surface area contributed by atoms with E-state index >= 15 is 0 Å². The van der Waals surface area contributed by atoms with Gasteiger partial charge in [-0.1, -0.05) is 18.5 Å². The van der Waals surface area contributed by atoms with Crippen LogP contribution in [0.5, 0.6) is 11.5 Å². The summed E-state index contributed by atoms with van der Waals surface area (Å²) in [6.45, 7) is 1.71. The Morgan fingerprint density at radius 1 is 1.56 bits per heavy atom. The van der Waals surface area contributed by atoms with Crippen molar-refractivity contribution in [2.75, 3.05) is 7.11 Å². The molecule has 0 amide bonds. The van der Waals surface area contributed by atoms with Gasteiger partial charge in [-0.2, -0.15) is 0 Å². The molecule has 0 aliphatic heterocycles. The fourth-order valence-corrected chi connectivity index (χ4v) is 1.71. The predicted octanol–water partition coefficient (Wildman–Crippen LogP) is 2.63. The maximum Gasteiger partial charge on any atom is 0.303 e. The van der Waals surface area contributed by atoms with Crippen LogP contribution < -0.4 is 4.74 Å². The van der Waals surface area contributed by atoms with Crippen LogP contribution in [0, 0.1) is 0 Å². The van der Waals surface area contributed by atoms with Crippen LogP contribution in [0.15, 0.2) is 12.1 Å². The number of carboxylic acids is 1. The number of benzene rings is 1. The standard InChI is InChI=1S/C11H13ClO4/c1-6(3-10(13)14)8-4-7(12)5-9(16-2)11(8)15/h4-6,15H,3H2,1-2H3,(H,13,14). The zero-order valence-electron chi connectivity index (χ0n) is 9.03. The van der Waals surface area contributed by atoms with Crippen LogP contribution in [0.1, 0.15) is 24.8 Å². The van der Waals surface area contributed by atoms with Crippen LogP contribution in [0.4, 0.5) is 0 Å². The van der Waals surface area contributed by atoms with Crippen molar-refractivity contribution in [3.05, 3.63) is 22.7 Å². The Morgan fingerprint density at radius 3 is 2.69 bits per heavy atom. The highest BCUT2D eigenvalue weighted by Crippen LogP contribution is 2.38. The molecule has 0 aliphatic carbocycles. The molecule has 0 fully saturated rings. The van der Waals surface area contributed by atoms with Crippen molar-refractivity contribution in [2.45, 2.75) is 19.3 Å². The topological polar surface area (TPSA) is 66.8 Å². The second-order valence-electron chi connectivity index (χ2n) is 3.54. The van der Waals surface area contributed by atoms with E-state index in [1.54, 1.807) is 13.0 Å². The van der Waals surface area contributed by atoms with E-state index in [0.29, 0.717) is 10.6 Å². The molecular weight excluding hydrogens is 232 g/mol. The molecule has 5 heteroatoms. The highest BCUT2D eigenvalue weighted by molar-refractivity contribution is 6.30. The van der Waals surface area contributed by atoms with Crippen LogP contribution >= 0.6 is 11.6 Å². The van der Waals surface area contributed by atoms with Gasteiger partial charge in [0.15, 0.2) is 11.5 Å². The average molecular weight is 245 g/mol. The number of phenols is 1. The third kappa shape index (κ3) is 2.79. The molecule has 0 saturated heterocycles. The summed E-state index contributed by atoms with van der Waals surface area (Å²) in [6, 6.07) is 3.03. The molecule has 0 heterocycles. The normalized spacial score (nSPS) is 12.2. The number of ether oxygens (including phenoxy) is 1. The highest BCUT2D eigenvalue weighted by Gasteiger charge is 2.17. The Balaban J connectivity index is 3.12. The van der Waals surface area contributed by atoms with Gasteiger partial charge in [-0.25, -0.2) is 0 Å². The van der Waals surface area contributed by atoms with E-state index in [1.165, 1.54) is 13.2 Å². The molecule has 0 bridgehead atoms. The molecule has 4 nitrogen and oxygen atoms in total. The second kappa shape index (κ2) is 5.07. The summed E-state index contributed by atoms with van der Waals surface area (Å²) >= 11 is 5.84. The van der Waals surface area contributed by atoms with E-state index in [-0.39, 0.29) is 23.8 Å². The number of halogens is 1. The van der Waals surface area contributed by atoms with Gasteiger partial charge in [-0.15, -0.1) is 0 Å². The smallest absolute Gasteiger partial charge is 0.303 e. The summed E-state index contributed by atoms with van der Waals surface area (Å²) in [4.78, 5) is 10.6. The SMILES string of the molecule is COc1cc(Cl)cc(C(C)CC(=O)O)c1O. The first-order valence-electron chi connectivity index (χ1n) is 4.74. The molecule has 0 saturated carbocycles. The van der Waals surface area contributed by atoms with E-state index in [2.05, 4.69) is 0 Å². The summed E-state index contributed by atoms with van der Waals surface area (Å²) in [7, 11) is 1.41. The number of hydrogen-bond acceptors (Lipinski definition) is 3. The molecule has 1 unspecified atom stereocenters. The maximum absolute atomic E-state index is 10.6. The quantitative estimate of drug-likeness (QED) is 0.855. The minimum absolute atomic E-state index is 0.0550. The van der Waals surface area contributed by atoms with Crippen molar-refractivity contribution in [1.82, 2.24) is 0 Å². The van der Waals surface area contributed by atoms with Crippen LogP contribution in [-0.4, -0.2) is 23.3 Å². The number of hydrogen-bond donors (Lipinski definition) is 2. The third-order valence-electron chi connectivity index (χ3n) is 2.30. The summed E-state index contributed by atoms with van der Waals surface area (Å²) in [5.74, 6) is -1.06. The summed E-state index contributed by atoms with van der Waals surface area (Å²) in [5.41, 5.74) is 0.478. The number of aromatic hydroxyl groups is 1. The summed E-state index contributed by atoms with van der Waals surface area (Å²) in [6.07, 6.45) is -0.0724. The van der Waals surface area contributed by atoms with Crippen LogP contribution in [-0.2, 0) is 4.79 Å². The van der Waals surface area contributed by atoms with Crippen molar-refractivity contribution in [1.29, 1.82) is 0 Å². The molecule has 0 aromatic heterocycles. The van der Waals surface area contributed by atoms with Gasteiger partial charge in [0.2, 0.25) is 0 Å². The molecule has 0 radical (unpaired) electrons. The molecule has 0 spiro atoms. The zero-order chi connectivity index (χ0) is 12.3. The third-order valence-corrected chi connectivity index (χ3v) is 2.52. The Kier molecular flexibility index (Phi) is 4.01. The molecule has 16 heavy (non-hydrogen) atoms. The molecule has 0 aliphatic rings. The van der Waals surface area contributed by atoms with Gasteiger partial charge in [0.25, 0.3) is 0 Å². The monoisotopic (exact) mass is 244 g/mol. The summed E-state index contributed by atoms with van der Waals surface area (Å²) < 4.78 is 4.94. The fraction of sp³-hybridized carbons (Fsp3) is 0.364. The molecular formula is C11H13ClO4. The zero-order valence-corrected chi connectivity index (χ0v) is 9.78. The van der Waals surface area contributed by atoms with Crippen molar-refractivity contribution < 1.29 is 19.7 Å². The van der Waals surface area contributed by atoms with Gasteiger partial charge in [0.1, 0.15) is 0 Å². The molecule has 1 atom stereocenters. The minimum atomic E-state index is -0.925. The van der Waals surface area contributed by atoms with E-state index in [0.717, 1.165) is 0 Å². The van der Waals surface area contributed by atoms with Gasteiger partial charge in [0, 0.05) is 16.7 Å². The Bertz CT molecular complexity index is 403. The van der Waals surface area contributed by atoms with Crippen molar-refractivity contribution in [3.63, 3.8) is 0 Å². The maximum atomic E-state index is 10.6. The first-order chi connectivity index (χ1) is 7.45. The van der Waals surface area contributed by atoms with E-state index in [9.17, 15) is 9.90 Å². The van der Waals surface area contributed by atoms with Crippen molar-refractivity contribution in [2.24, 2.45) is 0 Å². The van der Waals surface area contributed by atoms with E-state index in [1.807, 2.05) is 0 Å².